The zero-order valence-corrected chi connectivity index (χ0v) is 21.6. The number of amides is 1. The van der Waals surface area contributed by atoms with Crippen LogP contribution >= 0.6 is 0 Å². The number of fused-ring (bicyclic) bond motifs is 1. The fourth-order valence-corrected chi connectivity index (χ4v) is 5.02. The topological polar surface area (TPSA) is 74.8 Å². The summed E-state index contributed by atoms with van der Waals surface area (Å²) in [7, 11) is 0. The quantitative estimate of drug-likeness (QED) is 0.214. The highest BCUT2D eigenvalue weighted by molar-refractivity contribution is 6.11. The van der Waals surface area contributed by atoms with E-state index < -0.39 is 0 Å². The Kier molecular flexibility index (Phi) is 6.38. The SMILES string of the molecule is CC(C)=CC1C(C(=O)Nc2cccc(C(=O)c3ccc4c(/C=C/c5ccccc5)n[nH]c4c3)c2)C1(C)C. The standard InChI is InChI=1S/C32H31N3O2/c1-20(2)17-26-29(32(26,3)4)31(37)33-24-12-8-11-22(18-24)30(36)23-14-15-25-27(34-35-28(25)19-23)16-13-21-9-6-5-7-10-21/h5-19,26,29H,1-4H3,(H,33,37)(H,34,35)/b16-13+. The second-order valence-electron chi connectivity index (χ2n) is 10.6. The van der Waals surface area contributed by atoms with E-state index in [9.17, 15) is 9.59 Å². The van der Waals surface area contributed by atoms with Crippen LogP contribution in [0, 0.1) is 17.3 Å². The lowest BCUT2D eigenvalue weighted by atomic mass is 10.0. The summed E-state index contributed by atoms with van der Waals surface area (Å²) in [5, 5.41) is 11.4. The second kappa shape index (κ2) is 9.66. The Morgan fingerprint density at radius 2 is 1.68 bits per heavy atom. The maximum atomic E-state index is 13.3. The van der Waals surface area contributed by atoms with Gasteiger partial charge in [-0.25, -0.2) is 0 Å². The van der Waals surface area contributed by atoms with Crippen molar-refractivity contribution in [1.29, 1.82) is 0 Å². The Hall–Kier alpha value is -4.25. The number of hydrogen-bond donors (Lipinski definition) is 2. The zero-order valence-electron chi connectivity index (χ0n) is 21.6. The first-order valence-corrected chi connectivity index (χ1v) is 12.6. The van der Waals surface area contributed by atoms with Crippen molar-refractivity contribution < 1.29 is 9.59 Å². The summed E-state index contributed by atoms with van der Waals surface area (Å²) < 4.78 is 0. The maximum absolute atomic E-state index is 13.3. The van der Waals surface area contributed by atoms with Crippen molar-refractivity contribution >= 4 is 40.4 Å². The Labute approximate surface area is 217 Å². The Bertz CT molecular complexity index is 1540. The molecule has 1 amide bonds. The van der Waals surface area contributed by atoms with Crippen molar-refractivity contribution in [3.05, 3.63) is 107 Å². The van der Waals surface area contributed by atoms with Crippen molar-refractivity contribution in [1.82, 2.24) is 10.2 Å². The van der Waals surface area contributed by atoms with Crippen LogP contribution in [0.4, 0.5) is 5.69 Å². The van der Waals surface area contributed by atoms with Crippen LogP contribution in [-0.4, -0.2) is 21.9 Å². The van der Waals surface area contributed by atoms with Gasteiger partial charge in [-0.1, -0.05) is 80.1 Å². The molecule has 1 aromatic heterocycles. The molecule has 1 fully saturated rings. The molecule has 1 aliphatic carbocycles. The Morgan fingerprint density at radius 3 is 2.43 bits per heavy atom. The normalized spacial score (nSPS) is 18.1. The maximum Gasteiger partial charge on any atom is 0.228 e. The number of rotatable bonds is 7. The van der Waals surface area contributed by atoms with Gasteiger partial charge in [-0.05, 0) is 61.1 Å². The molecule has 0 bridgehead atoms. The van der Waals surface area contributed by atoms with E-state index in [0.717, 1.165) is 22.2 Å². The molecular weight excluding hydrogens is 458 g/mol. The Morgan fingerprint density at radius 1 is 0.919 bits per heavy atom. The second-order valence-corrected chi connectivity index (χ2v) is 10.6. The first-order chi connectivity index (χ1) is 17.7. The molecule has 5 nitrogen and oxygen atoms in total. The summed E-state index contributed by atoms with van der Waals surface area (Å²) in [6, 6.07) is 22.8. The van der Waals surface area contributed by atoms with Crippen LogP contribution in [-0.2, 0) is 4.79 Å². The molecular formula is C32H31N3O2. The highest BCUT2D eigenvalue weighted by Crippen LogP contribution is 2.59. The number of nitrogens with one attached hydrogen (secondary N) is 2. The van der Waals surface area contributed by atoms with Gasteiger partial charge in [0.1, 0.15) is 0 Å². The van der Waals surface area contributed by atoms with Gasteiger partial charge in [0.25, 0.3) is 0 Å². The number of hydrogen-bond acceptors (Lipinski definition) is 3. The molecule has 4 aromatic rings. The summed E-state index contributed by atoms with van der Waals surface area (Å²) >= 11 is 0. The van der Waals surface area contributed by atoms with Gasteiger partial charge in [-0.15, -0.1) is 0 Å². The van der Waals surface area contributed by atoms with Crippen LogP contribution in [0.5, 0.6) is 0 Å². The van der Waals surface area contributed by atoms with Crippen LogP contribution in [0.15, 0.2) is 84.4 Å². The Balaban J connectivity index is 1.32. The predicted octanol–water partition coefficient (Wildman–Crippen LogP) is 7.14. The molecule has 2 atom stereocenters. The number of H-pyrrole nitrogens is 1. The summed E-state index contributed by atoms with van der Waals surface area (Å²) in [4.78, 5) is 26.3. The number of aromatic amines is 1. The molecule has 2 unspecified atom stereocenters. The van der Waals surface area contributed by atoms with Gasteiger partial charge in [-0.3, -0.25) is 14.7 Å². The molecule has 1 aliphatic rings. The summed E-state index contributed by atoms with van der Waals surface area (Å²) in [5.74, 6) is 0.0424. The van der Waals surface area contributed by atoms with E-state index in [0.29, 0.717) is 16.8 Å². The summed E-state index contributed by atoms with van der Waals surface area (Å²) in [6.07, 6.45) is 6.16. The van der Waals surface area contributed by atoms with E-state index in [1.54, 1.807) is 18.2 Å². The first-order valence-electron chi connectivity index (χ1n) is 12.6. The van der Waals surface area contributed by atoms with E-state index in [-0.39, 0.29) is 28.9 Å². The number of benzene rings is 3. The van der Waals surface area contributed by atoms with Crippen molar-refractivity contribution in [3.8, 4) is 0 Å². The van der Waals surface area contributed by atoms with Crippen LogP contribution in [0.2, 0.25) is 0 Å². The number of nitrogens with zero attached hydrogens (tertiary/aromatic N) is 1. The van der Waals surface area contributed by atoms with Crippen molar-refractivity contribution in [2.75, 3.05) is 5.32 Å². The number of carbonyl (C=O) groups is 2. The minimum Gasteiger partial charge on any atom is -0.326 e. The van der Waals surface area contributed by atoms with Crippen molar-refractivity contribution in [2.45, 2.75) is 27.7 Å². The minimum atomic E-state index is -0.108. The van der Waals surface area contributed by atoms with E-state index in [2.05, 4.69) is 49.3 Å². The molecule has 3 aromatic carbocycles. The molecule has 37 heavy (non-hydrogen) atoms. The van der Waals surface area contributed by atoms with Gasteiger partial charge >= 0.3 is 0 Å². The molecule has 186 valence electrons. The van der Waals surface area contributed by atoms with Crippen molar-refractivity contribution in [3.63, 3.8) is 0 Å². The molecule has 2 N–H and O–H groups in total. The number of aromatic nitrogens is 2. The summed E-state index contributed by atoms with van der Waals surface area (Å²) in [5.41, 5.74) is 5.57. The number of ketones is 1. The lowest BCUT2D eigenvalue weighted by Gasteiger charge is -2.08. The average molecular weight is 490 g/mol. The third-order valence-corrected chi connectivity index (χ3v) is 7.19. The molecule has 0 aliphatic heterocycles. The molecule has 1 saturated carbocycles. The number of anilines is 1. The zero-order chi connectivity index (χ0) is 26.2. The monoisotopic (exact) mass is 489 g/mol. The van der Waals surface area contributed by atoms with Gasteiger partial charge in [0, 0.05) is 22.2 Å². The molecule has 0 saturated heterocycles. The molecule has 1 heterocycles. The van der Waals surface area contributed by atoms with Crippen LogP contribution in [0.25, 0.3) is 23.1 Å². The van der Waals surface area contributed by atoms with E-state index >= 15 is 0 Å². The molecule has 0 radical (unpaired) electrons. The summed E-state index contributed by atoms with van der Waals surface area (Å²) in [6.45, 7) is 8.36. The first kappa shape index (κ1) is 24.4. The number of allylic oxidation sites excluding steroid dienone is 2. The van der Waals surface area contributed by atoms with E-state index in [1.807, 2.05) is 66.7 Å². The molecule has 0 spiro atoms. The molecule has 5 rings (SSSR count). The highest BCUT2D eigenvalue weighted by Gasteiger charge is 2.60. The van der Waals surface area contributed by atoms with Crippen molar-refractivity contribution in [2.24, 2.45) is 17.3 Å². The van der Waals surface area contributed by atoms with E-state index in [1.165, 1.54) is 5.57 Å². The van der Waals surface area contributed by atoms with Crippen LogP contribution in [0.1, 0.15) is 54.9 Å². The highest BCUT2D eigenvalue weighted by atomic mass is 16.2. The third kappa shape index (κ3) is 5.03. The average Bonchev–Trinajstić information content (AvgIpc) is 3.20. The smallest absolute Gasteiger partial charge is 0.228 e. The number of carbonyl (C=O) groups excluding carboxylic acids is 2. The van der Waals surface area contributed by atoms with Gasteiger partial charge in [-0.2, -0.15) is 5.10 Å². The van der Waals surface area contributed by atoms with Gasteiger partial charge in [0.2, 0.25) is 5.91 Å². The minimum absolute atomic E-state index is 0.00735. The van der Waals surface area contributed by atoms with Gasteiger partial charge in [0.05, 0.1) is 17.1 Å². The fourth-order valence-electron chi connectivity index (χ4n) is 5.02. The molecule has 5 heteroatoms. The third-order valence-electron chi connectivity index (χ3n) is 7.19. The van der Waals surface area contributed by atoms with Gasteiger partial charge in [0.15, 0.2) is 5.78 Å². The lowest BCUT2D eigenvalue weighted by Crippen LogP contribution is -2.17. The van der Waals surface area contributed by atoms with Crippen LogP contribution < -0.4 is 5.32 Å². The lowest BCUT2D eigenvalue weighted by molar-refractivity contribution is -0.118. The predicted molar refractivity (Wildman–Crippen MR) is 150 cm³/mol. The van der Waals surface area contributed by atoms with Crippen LogP contribution in [0.3, 0.4) is 0 Å². The van der Waals surface area contributed by atoms with E-state index in [4.69, 9.17) is 0 Å². The van der Waals surface area contributed by atoms with Gasteiger partial charge < -0.3 is 5.32 Å². The fraction of sp³-hybridized carbons (Fsp3) is 0.219. The largest absolute Gasteiger partial charge is 0.326 e.